The molecule has 0 aliphatic rings. The summed E-state index contributed by atoms with van der Waals surface area (Å²) in [5.41, 5.74) is 2.99. The number of aliphatic carboxylic acids is 1. The van der Waals surface area contributed by atoms with E-state index in [9.17, 15) is 4.79 Å². The van der Waals surface area contributed by atoms with E-state index in [0.717, 1.165) is 21.2 Å². The van der Waals surface area contributed by atoms with Crippen LogP contribution in [0.5, 0.6) is 0 Å². The van der Waals surface area contributed by atoms with Gasteiger partial charge in [0.05, 0.1) is 5.92 Å². The maximum atomic E-state index is 10.9. The molecular formula is C15H13BrO2. The van der Waals surface area contributed by atoms with E-state index in [4.69, 9.17) is 5.11 Å². The van der Waals surface area contributed by atoms with Crippen LogP contribution in [-0.2, 0) is 4.79 Å². The number of halogens is 1. The first-order valence-electron chi connectivity index (χ1n) is 5.67. The highest BCUT2D eigenvalue weighted by molar-refractivity contribution is 9.10. The van der Waals surface area contributed by atoms with E-state index >= 15 is 0 Å². The Morgan fingerprint density at radius 2 is 1.72 bits per heavy atom. The highest BCUT2D eigenvalue weighted by Gasteiger charge is 2.13. The van der Waals surface area contributed by atoms with E-state index < -0.39 is 11.9 Å². The molecule has 1 N–H and O–H groups in total. The third-order valence-electron chi connectivity index (χ3n) is 2.97. The summed E-state index contributed by atoms with van der Waals surface area (Å²) in [5.74, 6) is -1.28. The molecule has 2 aromatic carbocycles. The summed E-state index contributed by atoms with van der Waals surface area (Å²) in [4.78, 5) is 10.9. The Morgan fingerprint density at radius 3 is 2.28 bits per heavy atom. The lowest BCUT2D eigenvalue weighted by Gasteiger charge is -2.09. The first-order valence-corrected chi connectivity index (χ1v) is 6.46. The molecular weight excluding hydrogens is 292 g/mol. The summed E-state index contributed by atoms with van der Waals surface area (Å²) in [6, 6.07) is 15.6. The molecule has 0 aliphatic heterocycles. The van der Waals surface area contributed by atoms with Crippen molar-refractivity contribution >= 4 is 21.9 Å². The molecule has 1 atom stereocenters. The summed E-state index contributed by atoms with van der Waals surface area (Å²) < 4.78 is 1.03. The maximum absolute atomic E-state index is 10.9. The van der Waals surface area contributed by atoms with Crippen LogP contribution >= 0.6 is 15.9 Å². The largest absolute Gasteiger partial charge is 0.481 e. The van der Waals surface area contributed by atoms with Gasteiger partial charge in [0, 0.05) is 4.47 Å². The van der Waals surface area contributed by atoms with Crippen molar-refractivity contribution in [1.29, 1.82) is 0 Å². The number of hydrogen-bond acceptors (Lipinski definition) is 1. The summed E-state index contributed by atoms with van der Waals surface area (Å²) in [5, 5.41) is 8.96. The lowest BCUT2D eigenvalue weighted by atomic mass is 9.98. The molecule has 0 fully saturated rings. The molecule has 0 spiro atoms. The highest BCUT2D eigenvalue weighted by Crippen LogP contribution is 2.29. The topological polar surface area (TPSA) is 37.3 Å². The third kappa shape index (κ3) is 2.62. The molecule has 3 heteroatoms. The lowest BCUT2D eigenvalue weighted by Crippen LogP contribution is -2.06. The average molecular weight is 305 g/mol. The molecule has 1 unspecified atom stereocenters. The van der Waals surface area contributed by atoms with Crippen molar-refractivity contribution in [3.8, 4) is 11.1 Å². The Hall–Kier alpha value is -1.61. The minimum atomic E-state index is -0.802. The quantitative estimate of drug-likeness (QED) is 0.917. The Bertz CT molecular complexity index is 561. The van der Waals surface area contributed by atoms with Crippen LogP contribution in [0, 0.1) is 0 Å². The van der Waals surface area contributed by atoms with E-state index in [1.165, 1.54) is 0 Å². The molecule has 18 heavy (non-hydrogen) atoms. The highest BCUT2D eigenvalue weighted by atomic mass is 79.9. The normalized spacial score (nSPS) is 12.1. The number of carboxylic acids is 1. The summed E-state index contributed by atoms with van der Waals surface area (Å²) in [6.45, 7) is 1.69. The van der Waals surface area contributed by atoms with E-state index in [0.29, 0.717) is 0 Å². The zero-order valence-electron chi connectivity index (χ0n) is 9.93. The van der Waals surface area contributed by atoms with Gasteiger partial charge in [-0.2, -0.15) is 0 Å². The summed E-state index contributed by atoms with van der Waals surface area (Å²) >= 11 is 3.51. The van der Waals surface area contributed by atoms with Crippen LogP contribution in [0.15, 0.2) is 53.0 Å². The van der Waals surface area contributed by atoms with Crippen LogP contribution in [0.2, 0.25) is 0 Å². The second-order valence-corrected chi connectivity index (χ2v) is 5.02. The van der Waals surface area contributed by atoms with Gasteiger partial charge >= 0.3 is 5.97 Å². The minimum absolute atomic E-state index is 0.474. The smallest absolute Gasteiger partial charge is 0.310 e. The van der Waals surface area contributed by atoms with Gasteiger partial charge in [0.25, 0.3) is 0 Å². The number of benzene rings is 2. The van der Waals surface area contributed by atoms with Gasteiger partial charge < -0.3 is 5.11 Å². The molecule has 0 saturated carbocycles. The molecule has 0 heterocycles. The van der Waals surface area contributed by atoms with Crippen molar-refractivity contribution in [3.63, 3.8) is 0 Å². The lowest BCUT2D eigenvalue weighted by molar-refractivity contribution is -0.138. The van der Waals surface area contributed by atoms with Gasteiger partial charge in [0.15, 0.2) is 0 Å². The standard InChI is InChI=1S/C15H13BrO2/c1-10(15(17)18)11-6-8-12(9-7-11)13-4-2-3-5-14(13)16/h2-10H,1H3,(H,17,18). The monoisotopic (exact) mass is 304 g/mol. The van der Waals surface area contributed by atoms with Crippen LogP contribution in [-0.4, -0.2) is 11.1 Å². The fraction of sp³-hybridized carbons (Fsp3) is 0.133. The first kappa shape index (κ1) is 12.8. The predicted octanol–water partition coefficient (Wildman–Crippen LogP) is 4.30. The second kappa shape index (κ2) is 5.36. The molecule has 0 aliphatic carbocycles. The predicted molar refractivity (Wildman–Crippen MR) is 75.6 cm³/mol. The van der Waals surface area contributed by atoms with Gasteiger partial charge in [-0.1, -0.05) is 58.4 Å². The van der Waals surface area contributed by atoms with E-state index in [-0.39, 0.29) is 0 Å². The van der Waals surface area contributed by atoms with Crippen molar-refractivity contribution in [1.82, 2.24) is 0 Å². The van der Waals surface area contributed by atoms with Crippen LogP contribution < -0.4 is 0 Å². The number of hydrogen-bond donors (Lipinski definition) is 1. The number of carboxylic acid groups (broad SMARTS) is 1. The van der Waals surface area contributed by atoms with Crippen molar-refractivity contribution in [3.05, 3.63) is 58.6 Å². The number of carbonyl (C=O) groups is 1. The van der Waals surface area contributed by atoms with Gasteiger partial charge in [-0.05, 0) is 29.7 Å². The zero-order chi connectivity index (χ0) is 13.1. The Kier molecular flexibility index (Phi) is 3.82. The molecule has 2 aromatic rings. The van der Waals surface area contributed by atoms with Crippen molar-refractivity contribution in [2.24, 2.45) is 0 Å². The van der Waals surface area contributed by atoms with Crippen molar-refractivity contribution < 1.29 is 9.90 Å². The van der Waals surface area contributed by atoms with Crippen molar-refractivity contribution in [2.75, 3.05) is 0 Å². The summed E-state index contributed by atoms with van der Waals surface area (Å²) in [7, 11) is 0. The molecule has 0 bridgehead atoms. The van der Waals surface area contributed by atoms with Crippen LogP contribution in [0.1, 0.15) is 18.4 Å². The fourth-order valence-electron chi connectivity index (χ4n) is 1.79. The van der Waals surface area contributed by atoms with Crippen LogP contribution in [0.25, 0.3) is 11.1 Å². The molecule has 0 amide bonds. The van der Waals surface area contributed by atoms with E-state index in [1.54, 1.807) is 6.92 Å². The Balaban J connectivity index is 2.34. The number of rotatable bonds is 3. The van der Waals surface area contributed by atoms with Gasteiger partial charge in [0.2, 0.25) is 0 Å². The van der Waals surface area contributed by atoms with Crippen LogP contribution in [0.3, 0.4) is 0 Å². The van der Waals surface area contributed by atoms with Crippen LogP contribution in [0.4, 0.5) is 0 Å². The van der Waals surface area contributed by atoms with Gasteiger partial charge in [-0.3, -0.25) is 4.79 Å². The van der Waals surface area contributed by atoms with Gasteiger partial charge in [-0.25, -0.2) is 0 Å². The Morgan fingerprint density at radius 1 is 1.11 bits per heavy atom. The molecule has 2 nitrogen and oxygen atoms in total. The second-order valence-electron chi connectivity index (χ2n) is 4.16. The maximum Gasteiger partial charge on any atom is 0.310 e. The van der Waals surface area contributed by atoms with E-state index in [2.05, 4.69) is 15.9 Å². The van der Waals surface area contributed by atoms with Gasteiger partial charge in [-0.15, -0.1) is 0 Å². The molecule has 0 aromatic heterocycles. The Labute approximate surface area is 114 Å². The zero-order valence-corrected chi connectivity index (χ0v) is 11.5. The average Bonchev–Trinajstić information content (AvgIpc) is 2.38. The third-order valence-corrected chi connectivity index (χ3v) is 3.66. The minimum Gasteiger partial charge on any atom is -0.481 e. The van der Waals surface area contributed by atoms with Crippen molar-refractivity contribution in [2.45, 2.75) is 12.8 Å². The molecule has 0 saturated heterocycles. The molecule has 92 valence electrons. The summed E-state index contributed by atoms with van der Waals surface area (Å²) in [6.07, 6.45) is 0. The molecule has 2 rings (SSSR count). The fourth-order valence-corrected chi connectivity index (χ4v) is 2.30. The van der Waals surface area contributed by atoms with Gasteiger partial charge in [0.1, 0.15) is 0 Å². The first-order chi connectivity index (χ1) is 8.59. The molecule has 0 radical (unpaired) electrons. The van der Waals surface area contributed by atoms with E-state index in [1.807, 2.05) is 48.5 Å². The SMILES string of the molecule is CC(C(=O)O)c1ccc(-c2ccccc2Br)cc1.